The molecule has 0 fully saturated rings. The van der Waals surface area contributed by atoms with Crippen LogP contribution in [-0.4, -0.2) is 19.7 Å². The number of hydrogen-bond donors (Lipinski definition) is 0. The molecule has 0 spiro atoms. The van der Waals surface area contributed by atoms with Crippen LogP contribution in [-0.2, 0) is 0 Å². The molecule has 9 aromatic carbocycles. The van der Waals surface area contributed by atoms with Gasteiger partial charge in [-0.15, -0.1) is 10.2 Å². The number of aromatic nitrogens is 4. The third-order valence-corrected chi connectivity index (χ3v) is 11.8. The van der Waals surface area contributed by atoms with E-state index in [1.54, 1.807) is 0 Å². The number of nitrogens with zero attached hydrogens (tertiary/aromatic N) is 4. The van der Waals surface area contributed by atoms with Crippen LogP contribution in [0, 0.1) is 0 Å². The Balaban J connectivity index is 1.17. The molecular formula is C55H34N4. The topological polar surface area (TPSA) is 43.6 Å². The zero-order chi connectivity index (χ0) is 38.9. The van der Waals surface area contributed by atoms with Gasteiger partial charge < -0.3 is 4.57 Å². The molecule has 0 radical (unpaired) electrons. The van der Waals surface area contributed by atoms with Crippen molar-refractivity contribution < 1.29 is 0 Å². The van der Waals surface area contributed by atoms with Crippen LogP contribution in [0.25, 0.3) is 117 Å². The molecule has 0 N–H and O–H groups in total. The van der Waals surface area contributed by atoms with Crippen molar-refractivity contribution in [2.45, 2.75) is 0 Å². The number of hydrogen-bond acceptors (Lipinski definition) is 3. The molecule has 274 valence electrons. The smallest absolute Gasteiger partial charge is 0.182 e. The summed E-state index contributed by atoms with van der Waals surface area (Å²) >= 11 is 0. The monoisotopic (exact) mass is 750 g/mol. The van der Waals surface area contributed by atoms with E-state index in [0.717, 1.165) is 44.8 Å². The van der Waals surface area contributed by atoms with Crippen LogP contribution in [0.15, 0.2) is 206 Å². The van der Waals surface area contributed by atoms with Crippen LogP contribution in [0.4, 0.5) is 0 Å². The zero-order valence-electron chi connectivity index (χ0n) is 31.9. The zero-order valence-corrected chi connectivity index (χ0v) is 31.9. The molecule has 2 aromatic heterocycles. The predicted molar refractivity (Wildman–Crippen MR) is 243 cm³/mol. The van der Waals surface area contributed by atoms with Gasteiger partial charge in [-0.05, 0) is 91.7 Å². The Hall–Kier alpha value is -7.95. The van der Waals surface area contributed by atoms with Crippen LogP contribution in [0.1, 0.15) is 0 Å². The molecule has 0 aliphatic heterocycles. The van der Waals surface area contributed by atoms with Gasteiger partial charge in [0.25, 0.3) is 0 Å². The summed E-state index contributed by atoms with van der Waals surface area (Å²) in [7, 11) is 0. The van der Waals surface area contributed by atoms with E-state index < -0.39 is 0 Å². The summed E-state index contributed by atoms with van der Waals surface area (Å²) in [6.45, 7) is 0. The van der Waals surface area contributed by atoms with Gasteiger partial charge in [-0.2, -0.15) is 0 Å². The third kappa shape index (κ3) is 5.34. The molecule has 0 saturated heterocycles. The Morgan fingerprint density at radius 3 is 1.32 bits per heavy atom. The minimum atomic E-state index is 0.573. The maximum Gasteiger partial charge on any atom is 0.182 e. The average molecular weight is 751 g/mol. The highest BCUT2D eigenvalue weighted by Crippen LogP contribution is 2.52. The molecule has 59 heavy (non-hydrogen) atoms. The first-order chi connectivity index (χ1) is 29.3. The summed E-state index contributed by atoms with van der Waals surface area (Å²) in [6.07, 6.45) is 0. The minimum absolute atomic E-state index is 0.573. The molecule has 2 heterocycles. The first-order valence-electron chi connectivity index (χ1n) is 20.0. The van der Waals surface area contributed by atoms with Crippen molar-refractivity contribution in [3.63, 3.8) is 0 Å². The van der Waals surface area contributed by atoms with E-state index in [9.17, 15) is 0 Å². The quantitative estimate of drug-likeness (QED) is 0.170. The summed E-state index contributed by atoms with van der Waals surface area (Å²) in [4.78, 5) is 5.26. The molecule has 0 amide bonds. The lowest BCUT2D eigenvalue weighted by Crippen LogP contribution is -2.01. The Labute approximate surface area is 341 Å². The van der Waals surface area contributed by atoms with Crippen LogP contribution in [0.5, 0.6) is 0 Å². The second-order valence-electron chi connectivity index (χ2n) is 15.2. The van der Waals surface area contributed by atoms with Gasteiger partial charge in [-0.3, -0.25) is 0 Å². The number of benzene rings is 9. The van der Waals surface area contributed by atoms with E-state index in [2.05, 4.69) is 174 Å². The molecule has 4 heteroatoms. The SMILES string of the molecule is c1ccc(-c2cc3c4c5c(cc(-c6ccccc6)cc5n(-c5cccc(-c6nnc(-c7ccccc7)c(-c7ccccc7)n6)c5)c4c2)-c2cccc4cccc-3c24)cc1. The predicted octanol–water partition coefficient (Wildman–Crippen LogP) is 14.1. The third-order valence-electron chi connectivity index (χ3n) is 11.8. The molecule has 0 saturated carbocycles. The van der Waals surface area contributed by atoms with Crippen molar-refractivity contribution in [3.05, 3.63) is 206 Å². The Morgan fingerprint density at radius 1 is 0.305 bits per heavy atom. The second kappa shape index (κ2) is 13.3. The van der Waals surface area contributed by atoms with E-state index in [-0.39, 0.29) is 0 Å². The molecule has 0 bridgehead atoms. The molecule has 0 atom stereocenters. The Kier molecular flexibility index (Phi) is 7.50. The van der Waals surface area contributed by atoms with Gasteiger partial charge in [0, 0.05) is 33.2 Å². The number of rotatable bonds is 6. The highest BCUT2D eigenvalue weighted by Gasteiger charge is 2.27. The Morgan fingerprint density at radius 2 is 0.780 bits per heavy atom. The summed E-state index contributed by atoms with van der Waals surface area (Å²) in [5.74, 6) is 0.573. The number of fused-ring (bicyclic) bond motifs is 2. The van der Waals surface area contributed by atoms with E-state index in [1.807, 2.05) is 36.4 Å². The highest BCUT2D eigenvalue weighted by molar-refractivity contribution is 6.28. The van der Waals surface area contributed by atoms with Crippen molar-refractivity contribution in [1.82, 2.24) is 19.7 Å². The molecule has 11 aromatic rings. The summed E-state index contributed by atoms with van der Waals surface area (Å²) in [5.41, 5.74) is 17.4. The van der Waals surface area contributed by atoms with Crippen molar-refractivity contribution in [2.24, 2.45) is 0 Å². The van der Waals surface area contributed by atoms with Gasteiger partial charge in [-0.1, -0.05) is 170 Å². The standard InChI is InChI=1S/C55H34N4/c1-5-16-35(17-6-1)41-31-46-44-28-14-24-37-25-15-29-45(50(37)44)47-32-42(36-18-7-2-8-19-36)34-49-52(47)51(46)48(33-41)59(49)43-27-13-26-40(30-43)55-56-53(38-20-9-3-10-21-38)54(57-58-55)39-22-11-4-12-23-39/h1-34H. The van der Waals surface area contributed by atoms with Gasteiger partial charge in [0.1, 0.15) is 11.4 Å². The van der Waals surface area contributed by atoms with Crippen molar-refractivity contribution in [2.75, 3.05) is 0 Å². The van der Waals surface area contributed by atoms with Crippen molar-refractivity contribution in [1.29, 1.82) is 0 Å². The van der Waals surface area contributed by atoms with Gasteiger partial charge in [0.05, 0.1) is 11.0 Å². The Bertz CT molecular complexity index is 3270. The summed E-state index contributed by atoms with van der Waals surface area (Å²) < 4.78 is 2.46. The lowest BCUT2D eigenvalue weighted by atomic mass is 9.91. The minimum Gasteiger partial charge on any atom is -0.309 e. The van der Waals surface area contributed by atoms with Crippen LogP contribution < -0.4 is 0 Å². The lowest BCUT2D eigenvalue weighted by Gasteiger charge is -2.16. The molecule has 12 rings (SSSR count). The van der Waals surface area contributed by atoms with Crippen LogP contribution in [0.3, 0.4) is 0 Å². The molecule has 1 aliphatic rings. The van der Waals surface area contributed by atoms with E-state index in [4.69, 9.17) is 15.2 Å². The highest BCUT2D eigenvalue weighted by atomic mass is 15.2. The van der Waals surface area contributed by atoms with Gasteiger partial charge >= 0.3 is 0 Å². The van der Waals surface area contributed by atoms with E-state index in [0.29, 0.717) is 5.82 Å². The lowest BCUT2D eigenvalue weighted by molar-refractivity contribution is 0.991. The fourth-order valence-corrected chi connectivity index (χ4v) is 9.17. The van der Waals surface area contributed by atoms with Crippen molar-refractivity contribution >= 4 is 32.6 Å². The summed E-state index contributed by atoms with van der Waals surface area (Å²) in [5, 5.41) is 14.7. The van der Waals surface area contributed by atoms with Crippen LogP contribution in [0.2, 0.25) is 0 Å². The average Bonchev–Trinajstić information content (AvgIpc) is 3.59. The first-order valence-corrected chi connectivity index (χ1v) is 20.0. The molecular weight excluding hydrogens is 717 g/mol. The van der Waals surface area contributed by atoms with Crippen molar-refractivity contribution in [3.8, 4) is 84.1 Å². The van der Waals surface area contributed by atoms with E-state index >= 15 is 0 Å². The van der Waals surface area contributed by atoms with E-state index in [1.165, 1.54) is 66.1 Å². The maximum atomic E-state index is 5.26. The van der Waals surface area contributed by atoms with Gasteiger partial charge in [0.2, 0.25) is 0 Å². The first kappa shape index (κ1) is 33.2. The normalized spacial score (nSPS) is 11.7. The molecule has 4 nitrogen and oxygen atoms in total. The largest absolute Gasteiger partial charge is 0.309 e. The molecule has 1 aliphatic carbocycles. The fraction of sp³-hybridized carbons (Fsp3) is 0. The van der Waals surface area contributed by atoms with Gasteiger partial charge in [-0.25, -0.2) is 4.98 Å². The fourth-order valence-electron chi connectivity index (χ4n) is 9.17. The maximum absolute atomic E-state index is 5.26. The van der Waals surface area contributed by atoms with Crippen LogP contribution >= 0.6 is 0 Å². The van der Waals surface area contributed by atoms with Gasteiger partial charge in [0.15, 0.2) is 5.82 Å². The molecule has 0 unspecified atom stereocenters. The second-order valence-corrected chi connectivity index (χ2v) is 15.2. The summed E-state index contributed by atoms with van der Waals surface area (Å²) in [6, 6.07) is 73.6.